The number of carbonyl (C=O) groups is 1. The average molecular weight is 437 g/mol. The van der Waals surface area contributed by atoms with Crippen LogP contribution in [0.4, 0.5) is 10.2 Å². The number of halogens is 2. The molecule has 0 radical (unpaired) electrons. The zero-order valence-corrected chi connectivity index (χ0v) is 17.6. The molecule has 1 N–H and O–H groups in total. The number of hydrogen-bond acceptors (Lipinski definition) is 6. The number of aliphatic hydroxyl groups excluding tert-OH is 1. The molecular formula is C20H22ClFN4O4. The van der Waals surface area contributed by atoms with Gasteiger partial charge in [0.25, 0.3) is 5.91 Å². The average Bonchev–Trinajstić information content (AvgIpc) is 3.08. The van der Waals surface area contributed by atoms with E-state index in [-0.39, 0.29) is 52.7 Å². The topological polar surface area (TPSA) is 89.2 Å². The van der Waals surface area contributed by atoms with Crippen molar-refractivity contribution < 1.29 is 23.8 Å². The van der Waals surface area contributed by atoms with E-state index in [4.69, 9.17) is 21.1 Å². The Bertz CT molecular complexity index is 1010. The van der Waals surface area contributed by atoms with Crippen LogP contribution >= 0.6 is 11.6 Å². The van der Waals surface area contributed by atoms with Crippen molar-refractivity contribution in [2.45, 2.75) is 19.1 Å². The Labute approximate surface area is 178 Å². The van der Waals surface area contributed by atoms with E-state index >= 15 is 0 Å². The standard InChI is InChI=1S/C20H22ClFN4O4/c1-5-16-24-19-13(8-23-26(19)4)20(28)25(3)9-12(10-27)30-15-7-6-14(22)18(21)17(15)11(2)29-16/h5-8,11-12,27H,1,9-10H2,2-4H3/t11-,12?/m1/s1. The van der Waals surface area contributed by atoms with Crippen LogP contribution in [0, 0.1) is 5.82 Å². The Kier molecular flexibility index (Phi) is 6.42. The molecule has 2 atom stereocenters. The van der Waals surface area contributed by atoms with Crippen LogP contribution in [-0.2, 0) is 11.8 Å². The lowest BCUT2D eigenvalue weighted by molar-refractivity contribution is 0.0595. The molecule has 0 fully saturated rings. The Morgan fingerprint density at radius 2 is 2.13 bits per heavy atom. The summed E-state index contributed by atoms with van der Waals surface area (Å²) in [5.41, 5.74) is 0.497. The van der Waals surface area contributed by atoms with Gasteiger partial charge in [-0.25, -0.2) is 4.39 Å². The summed E-state index contributed by atoms with van der Waals surface area (Å²) in [4.78, 5) is 18.7. The molecule has 8 nitrogen and oxygen atoms in total. The number of nitrogens with zero attached hydrogens (tertiary/aromatic N) is 4. The fourth-order valence-electron chi connectivity index (χ4n) is 3.12. The number of carbonyl (C=O) groups excluding carboxylic acids is 1. The highest BCUT2D eigenvalue weighted by molar-refractivity contribution is 6.31. The number of aliphatic hydroxyl groups is 1. The van der Waals surface area contributed by atoms with Crippen LogP contribution in [0.2, 0.25) is 5.02 Å². The molecule has 1 unspecified atom stereocenters. The zero-order valence-electron chi connectivity index (χ0n) is 16.8. The quantitative estimate of drug-likeness (QED) is 0.781. The van der Waals surface area contributed by atoms with Gasteiger partial charge >= 0.3 is 0 Å². The molecule has 1 aliphatic rings. The summed E-state index contributed by atoms with van der Waals surface area (Å²) in [6.45, 7) is 5.03. The van der Waals surface area contributed by atoms with Crippen molar-refractivity contribution in [2.24, 2.45) is 12.0 Å². The first-order valence-electron chi connectivity index (χ1n) is 9.17. The molecule has 1 aliphatic heterocycles. The normalized spacial score (nSPS) is 19.9. The second-order valence-corrected chi connectivity index (χ2v) is 7.18. The minimum Gasteiger partial charge on any atom is -0.486 e. The molecule has 0 aliphatic carbocycles. The van der Waals surface area contributed by atoms with Gasteiger partial charge in [0.15, 0.2) is 5.82 Å². The van der Waals surface area contributed by atoms with Crippen molar-refractivity contribution in [1.29, 1.82) is 0 Å². The number of amides is 1. The summed E-state index contributed by atoms with van der Waals surface area (Å²) >= 11 is 6.21. The molecule has 3 rings (SSSR count). The maximum atomic E-state index is 14.2. The lowest BCUT2D eigenvalue weighted by Crippen LogP contribution is -2.39. The summed E-state index contributed by atoms with van der Waals surface area (Å²) < 4.78 is 27.4. The van der Waals surface area contributed by atoms with E-state index in [0.717, 1.165) is 0 Å². The molecule has 1 aromatic heterocycles. The Morgan fingerprint density at radius 3 is 2.80 bits per heavy atom. The van der Waals surface area contributed by atoms with Gasteiger partial charge in [0.05, 0.1) is 29.9 Å². The van der Waals surface area contributed by atoms with Gasteiger partial charge in [-0.1, -0.05) is 18.2 Å². The van der Waals surface area contributed by atoms with Gasteiger partial charge in [-0.3, -0.25) is 9.48 Å². The first-order valence-corrected chi connectivity index (χ1v) is 9.55. The lowest BCUT2D eigenvalue weighted by Gasteiger charge is -2.26. The predicted molar refractivity (Wildman–Crippen MR) is 110 cm³/mol. The monoisotopic (exact) mass is 436 g/mol. The number of aromatic nitrogens is 2. The van der Waals surface area contributed by atoms with Crippen molar-refractivity contribution in [1.82, 2.24) is 14.7 Å². The smallest absolute Gasteiger partial charge is 0.259 e. The van der Waals surface area contributed by atoms with Crippen LogP contribution in [0.3, 0.4) is 0 Å². The van der Waals surface area contributed by atoms with Gasteiger partial charge < -0.3 is 19.5 Å². The van der Waals surface area contributed by atoms with Gasteiger partial charge in [0.2, 0.25) is 5.90 Å². The Balaban J connectivity index is 2.18. The molecule has 0 spiro atoms. The summed E-state index contributed by atoms with van der Waals surface area (Å²) in [5, 5.41) is 13.7. The van der Waals surface area contributed by atoms with E-state index in [9.17, 15) is 14.3 Å². The Hall–Kier alpha value is -2.91. The maximum Gasteiger partial charge on any atom is 0.259 e. The molecular weight excluding hydrogens is 415 g/mol. The molecule has 0 saturated heterocycles. The molecule has 30 heavy (non-hydrogen) atoms. The number of fused-ring (bicyclic) bond motifs is 2. The van der Waals surface area contributed by atoms with E-state index in [1.165, 1.54) is 34.0 Å². The van der Waals surface area contributed by atoms with Crippen LogP contribution in [0.5, 0.6) is 5.75 Å². The number of ether oxygens (including phenoxy) is 2. The highest BCUT2D eigenvalue weighted by atomic mass is 35.5. The highest BCUT2D eigenvalue weighted by Crippen LogP contribution is 2.37. The summed E-state index contributed by atoms with van der Waals surface area (Å²) in [5.74, 6) is -0.419. The van der Waals surface area contributed by atoms with E-state index in [1.807, 2.05) is 0 Å². The van der Waals surface area contributed by atoms with Crippen LogP contribution in [0.1, 0.15) is 28.9 Å². The number of aryl methyl sites for hydroxylation is 1. The van der Waals surface area contributed by atoms with E-state index in [1.54, 1.807) is 21.0 Å². The van der Waals surface area contributed by atoms with Crippen molar-refractivity contribution in [3.63, 3.8) is 0 Å². The minimum absolute atomic E-state index is 0.0609. The number of rotatable bonds is 2. The minimum atomic E-state index is -0.785. The molecule has 2 aromatic rings. The second kappa shape index (κ2) is 8.85. The second-order valence-electron chi connectivity index (χ2n) is 6.80. The lowest BCUT2D eigenvalue weighted by atomic mass is 10.1. The molecule has 10 heteroatoms. The third kappa shape index (κ3) is 4.17. The summed E-state index contributed by atoms with van der Waals surface area (Å²) in [6.07, 6.45) is 1.21. The fourth-order valence-corrected chi connectivity index (χ4v) is 3.42. The van der Waals surface area contributed by atoms with Crippen LogP contribution in [0.25, 0.3) is 0 Å². The van der Waals surface area contributed by atoms with Gasteiger partial charge in [-0.15, -0.1) is 0 Å². The van der Waals surface area contributed by atoms with Gasteiger partial charge in [0.1, 0.15) is 29.3 Å². The molecule has 1 amide bonds. The highest BCUT2D eigenvalue weighted by Gasteiger charge is 2.27. The maximum absolute atomic E-state index is 14.2. The fraction of sp³-hybridized carbons (Fsp3) is 0.350. The molecule has 0 saturated carbocycles. The largest absolute Gasteiger partial charge is 0.486 e. The van der Waals surface area contributed by atoms with Gasteiger partial charge in [-0.2, -0.15) is 10.1 Å². The van der Waals surface area contributed by atoms with Crippen LogP contribution in [0.15, 0.2) is 36.0 Å². The Morgan fingerprint density at radius 1 is 1.40 bits per heavy atom. The molecule has 1 aromatic carbocycles. The first kappa shape index (κ1) is 21.8. The number of likely N-dealkylation sites (N-methyl/N-ethyl adjacent to an activating group) is 1. The SMILES string of the molecule is C=CC1=Nc2c(cnn2C)C(=O)N(C)CC(CO)Oc2ccc(F)c(Cl)c2[C@@H](C)O1. The van der Waals surface area contributed by atoms with Gasteiger partial charge in [0, 0.05) is 14.1 Å². The third-order valence-electron chi connectivity index (χ3n) is 4.65. The van der Waals surface area contributed by atoms with Crippen LogP contribution < -0.4 is 4.74 Å². The van der Waals surface area contributed by atoms with E-state index in [2.05, 4.69) is 16.7 Å². The first-order chi connectivity index (χ1) is 14.3. The molecule has 2 heterocycles. The van der Waals surface area contributed by atoms with Crippen molar-refractivity contribution in [3.05, 3.63) is 53.0 Å². The van der Waals surface area contributed by atoms with Crippen molar-refractivity contribution in [2.75, 3.05) is 20.2 Å². The summed E-state index contributed by atoms with van der Waals surface area (Å²) in [6, 6.07) is 2.57. The zero-order chi connectivity index (χ0) is 22.0. The van der Waals surface area contributed by atoms with Gasteiger partial charge in [-0.05, 0) is 25.1 Å². The number of hydrogen-bond donors (Lipinski definition) is 1. The van der Waals surface area contributed by atoms with E-state index < -0.39 is 18.0 Å². The van der Waals surface area contributed by atoms with E-state index in [0.29, 0.717) is 0 Å². The number of benzene rings is 1. The predicted octanol–water partition coefficient (Wildman–Crippen LogP) is 3.03. The summed E-state index contributed by atoms with van der Waals surface area (Å²) in [7, 11) is 3.21. The molecule has 0 bridgehead atoms. The van der Waals surface area contributed by atoms with Crippen LogP contribution in [-0.4, -0.2) is 57.9 Å². The van der Waals surface area contributed by atoms with Crippen molar-refractivity contribution >= 4 is 29.2 Å². The third-order valence-corrected chi connectivity index (χ3v) is 5.03. The molecule has 160 valence electrons. The van der Waals surface area contributed by atoms with Crippen molar-refractivity contribution in [3.8, 4) is 5.75 Å². The number of aliphatic imine (C=N–C) groups is 1.